The van der Waals surface area contributed by atoms with Gasteiger partial charge in [0.15, 0.2) is 6.61 Å². The molecule has 1 aliphatic rings. The van der Waals surface area contributed by atoms with Crippen LogP contribution in [-0.2, 0) is 9.53 Å². The molecular weight excluding hydrogens is 244 g/mol. The van der Waals surface area contributed by atoms with Gasteiger partial charge >= 0.3 is 0 Å². The number of nitrogens with two attached hydrogens (primary N) is 1. The van der Waals surface area contributed by atoms with Crippen LogP contribution in [0.25, 0.3) is 0 Å². The molecule has 1 aromatic carbocycles. The molecule has 2 unspecified atom stereocenters. The van der Waals surface area contributed by atoms with E-state index in [1.165, 1.54) is 0 Å². The number of rotatable bonds is 4. The van der Waals surface area contributed by atoms with Crippen molar-refractivity contribution in [1.29, 1.82) is 0 Å². The van der Waals surface area contributed by atoms with E-state index in [-0.39, 0.29) is 24.7 Å². The Bertz CT molecular complexity index is 436. The summed E-state index contributed by atoms with van der Waals surface area (Å²) in [5.74, 6) is 0.497. The maximum atomic E-state index is 11.8. The lowest BCUT2D eigenvalue weighted by molar-refractivity contribution is -0.124. The number of ether oxygens (including phenoxy) is 2. The van der Waals surface area contributed by atoms with Crippen molar-refractivity contribution in [2.45, 2.75) is 31.9 Å². The summed E-state index contributed by atoms with van der Waals surface area (Å²) >= 11 is 0. The molecule has 1 saturated heterocycles. The van der Waals surface area contributed by atoms with Gasteiger partial charge in [-0.05, 0) is 31.9 Å². The molecule has 1 aliphatic heterocycles. The molecular formula is C14H20N2O3. The second kappa shape index (κ2) is 6.43. The van der Waals surface area contributed by atoms with Crippen LogP contribution in [-0.4, -0.2) is 31.3 Å². The maximum absolute atomic E-state index is 11.8. The standard InChI is InChI=1S/C14H20N2O3/c1-10-7-12(5-6-18-10)16-14(17)9-19-13-4-2-3-11(15)8-13/h2-4,8,10,12H,5-7,9,15H2,1H3,(H,16,17). The Hall–Kier alpha value is -1.75. The second-order valence-corrected chi connectivity index (χ2v) is 4.83. The van der Waals surface area contributed by atoms with Crippen LogP contribution in [0.2, 0.25) is 0 Å². The van der Waals surface area contributed by atoms with Crippen LogP contribution in [0.15, 0.2) is 24.3 Å². The van der Waals surface area contributed by atoms with Crippen molar-refractivity contribution >= 4 is 11.6 Å². The van der Waals surface area contributed by atoms with Crippen LogP contribution in [0.1, 0.15) is 19.8 Å². The molecule has 1 fully saturated rings. The lowest BCUT2D eigenvalue weighted by Gasteiger charge is -2.27. The Morgan fingerprint density at radius 1 is 1.58 bits per heavy atom. The van der Waals surface area contributed by atoms with Crippen LogP contribution in [0.4, 0.5) is 5.69 Å². The highest BCUT2D eigenvalue weighted by Gasteiger charge is 2.20. The van der Waals surface area contributed by atoms with Gasteiger partial charge in [-0.25, -0.2) is 0 Å². The van der Waals surface area contributed by atoms with Crippen molar-refractivity contribution in [3.05, 3.63) is 24.3 Å². The van der Waals surface area contributed by atoms with Crippen LogP contribution in [0.3, 0.4) is 0 Å². The Morgan fingerprint density at radius 3 is 3.16 bits per heavy atom. The minimum atomic E-state index is -0.110. The number of amides is 1. The number of benzene rings is 1. The summed E-state index contributed by atoms with van der Waals surface area (Å²) in [5, 5.41) is 2.96. The molecule has 0 radical (unpaired) electrons. The van der Waals surface area contributed by atoms with Gasteiger partial charge in [-0.3, -0.25) is 4.79 Å². The summed E-state index contributed by atoms with van der Waals surface area (Å²) in [6.45, 7) is 2.72. The predicted molar refractivity (Wildman–Crippen MR) is 72.9 cm³/mol. The Morgan fingerprint density at radius 2 is 2.42 bits per heavy atom. The third-order valence-corrected chi connectivity index (χ3v) is 3.08. The summed E-state index contributed by atoms with van der Waals surface area (Å²) in [6, 6.07) is 7.23. The number of nitrogen functional groups attached to an aromatic ring is 1. The quantitative estimate of drug-likeness (QED) is 0.805. The summed E-state index contributed by atoms with van der Waals surface area (Å²) in [6.07, 6.45) is 1.91. The van der Waals surface area contributed by atoms with Gasteiger partial charge in [-0.2, -0.15) is 0 Å². The predicted octanol–water partition coefficient (Wildman–Crippen LogP) is 1.33. The normalized spacial score (nSPS) is 22.8. The highest BCUT2D eigenvalue weighted by atomic mass is 16.5. The Balaban J connectivity index is 1.75. The number of anilines is 1. The molecule has 0 bridgehead atoms. The van der Waals surface area contributed by atoms with E-state index in [0.717, 1.165) is 12.8 Å². The van der Waals surface area contributed by atoms with Gasteiger partial charge in [0.2, 0.25) is 0 Å². The zero-order valence-corrected chi connectivity index (χ0v) is 11.1. The van der Waals surface area contributed by atoms with Gasteiger partial charge < -0.3 is 20.5 Å². The molecule has 2 atom stereocenters. The van der Waals surface area contributed by atoms with Gasteiger partial charge in [0.05, 0.1) is 6.10 Å². The van der Waals surface area contributed by atoms with E-state index in [0.29, 0.717) is 18.0 Å². The molecule has 1 heterocycles. The summed E-state index contributed by atoms with van der Waals surface area (Å²) in [7, 11) is 0. The molecule has 0 aliphatic carbocycles. The fraction of sp³-hybridized carbons (Fsp3) is 0.500. The average Bonchev–Trinajstić information content (AvgIpc) is 2.36. The lowest BCUT2D eigenvalue weighted by Crippen LogP contribution is -2.43. The van der Waals surface area contributed by atoms with E-state index in [4.69, 9.17) is 15.2 Å². The van der Waals surface area contributed by atoms with E-state index in [1.54, 1.807) is 24.3 Å². The van der Waals surface area contributed by atoms with Crippen molar-refractivity contribution in [2.75, 3.05) is 18.9 Å². The molecule has 104 valence electrons. The minimum Gasteiger partial charge on any atom is -0.484 e. The lowest BCUT2D eigenvalue weighted by atomic mass is 10.0. The van der Waals surface area contributed by atoms with Crippen molar-refractivity contribution in [3.8, 4) is 5.75 Å². The van der Waals surface area contributed by atoms with Crippen LogP contribution >= 0.6 is 0 Å². The number of nitrogens with one attached hydrogen (secondary N) is 1. The van der Waals surface area contributed by atoms with Crippen LogP contribution in [0, 0.1) is 0 Å². The molecule has 0 aromatic heterocycles. The van der Waals surface area contributed by atoms with Crippen LogP contribution < -0.4 is 15.8 Å². The molecule has 19 heavy (non-hydrogen) atoms. The number of hydrogen-bond acceptors (Lipinski definition) is 4. The average molecular weight is 264 g/mol. The first-order valence-electron chi connectivity index (χ1n) is 6.53. The Labute approximate surface area is 113 Å². The first kappa shape index (κ1) is 13.7. The summed E-state index contributed by atoms with van der Waals surface area (Å²) in [5.41, 5.74) is 6.26. The van der Waals surface area contributed by atoms with Gasteiger partial charge in [0.25, 0.3) is 5.91 Å². The zero-order valence-electron chi connectivity index (χ0n) is 11.1. The first-order chi connectivity index (χ1) is 9.13. The van der Waals surface area contributed by atoms with Crippen LogP contribution in [0.5, 0.6) is 5.75 Å². The molecule has 2 rings (SSSR count). The largest absolute Gasteiger partial charge is 0.484 e. The second-order valence-electron chi connectivity index (χ2n) is 4.83. The van der Waals surface area contributed by atoms with Crippen molar-refractivity contribution in [3.63, 3.8) is 0 Å². The molecule has 3 N–H and O–H groups in total. The molecule has 5 nitrogen and oxygen atoms in total. The maximum Gasteiger partial charge on any atom is 0.258 e. The van der Waals surface area contributed by atoms with Gasteiger partial charge in [-0.15, -0.1) is 0 Å². The molecule has 1 amide bonds. The van der Waals surface area contributed by atoms with Gasteiger partial charge in [0, 0.05) is 24.4 Å². The molecule has 0 spiro atoms. The first-order valence-corrected chi connectivity index (χ1v) is 6.53. The fourth-order valence-corrected chi connectivity index (χ4v) is 2.15. The monoisotopic (exact) mass is 264 g/mol. The minimum absolute atomic E-state index is 0.00912. The topological polar surface area (TPSA) is 73.6 Å². The third-order valence-electron chi connectivity index (χ3n) is 3.08. The van der Waals surface area contributed by atoms with E-state index in [1.807, 2.05) is 6.92 Å². The van der Waals surface area contributed by atoms with E-state index < -0.39 is 0 Å². The third kappa shape index (κ3) is 4.44. The number of carbonyl (C=O) groups is 1. The van der Waals surface area contributed by atoms with Crippen molar-refractivity contribution in [1.82, 2.24) is 5.32 Å². The van der Waals surface area contributed by atoms with Gasteiger partial charge in [-0.1, -0.05) is 6.07 Å². The van der Waals surface area contributed by atoms with E-state index >= 15 is 0 Å². The summed E-state index contributed by atoms with van der Waals surface area (Å²) < 4.78 is 10.8. The van der Waals surface area contributed by atoms with E-state index in [9.17, 15) is 4.79 Å². The van der Waals surface area contributed by atoms with Crippen molar-refractivity contribution < 1.29 is 14.3 Å². The molecule has 0 saturated carbocycles. The smallest absolute Gasteiger partial charge is 0.258 e. The fourth-order valence-electron chi connectivity index (χ4n) is 2.15. The Kier molecular flexibility index (Phi) is 4.63. The highest BCUT2D eigenvalue weighted by molar-refractivity contribution is 5.77. The van der Waals surface area contributed by atoms with E-state index in [2.05, 4.69) is 5.32 Å². The SMILES string of the molecule is CC1CC(NC(=O)COc2cccc(N)c2)CCO1. The van der Waals surface area contributed by atoms with Crippen molar-refractivity contribution in [2.24, 2.45) is 0 Å². The zero-order chi connectivity index (χ0) is 13.7. The van der Waals surface area contributed by atoms with Gasteiger partial charge in [0.1, 0.15) is 5.75 Å². The highest BCUT2D eigenvalue weighted by Crippen LogP contribution is 2.15. The number of hydrogen-bond donors (Lipinski definition) is 2. The summed E-state index contributed by atoms with van der Waals surface area (Å²) in [4.78, 5) is 11.8. The molecule has 5 heteroatoms. The molecule has 1 aromatic rings. The number of carbonyl (C=O) groups excluding carboxylic acids is 1.